The van der Waals surface area contributed by atoms with Gasteiger partial charge in [0, 0.05) is 36.1 Å². The van der Waals surface area contributed by atoms with Crippen LogP contribution in [0.2, 0.25) is 0 Å². The number of benzene rings is 2. The van der Waals surface area contributed by atoms with Crippen LogP contribution in [0.1, 0.15) is 51.2 Å². The first-order valence-corrected chi connectivity index (χ1v) is 12.3. The fourth-order valence-electron chi connectivity index (χ4n) is 4.34. The molecule has 170 valence electrons. The molecule has 0 spiro atoms. The lowest BCUT2D eigenvalue weighted by molar-refractivity contribution is 0.0544. The third-order valence-corrected chi connectivity index (χ3v) is 6.41. The lowest BCUT2D eigenvalue weighted by Gasteiger charge is -2.19. The Kier molecular flexibility index (Phi) is 6.82. The van der Waals surface area contributed by atoms with E-state index in [-0.39, 0.29) is 6.09 Å². The second-order valence-electron chi connectivity index (χ2n) is 9.40. The van der Waals surface area contributed by atoms with Gasteiger partial charge in [0.05, 0.1) is 5.52 Å². The van der Waals surface area contributed by atoms with Crippen molar-refractivity contribution in [3.63, 3.8) is 0 Å². The molecular weight excluding hydrogens is 418 g/mol. The standard InChI is InChI=1S/C26H33N3O2S/c1-5-32-27-22-10-8-9-19(15-22)20-13-14-28(16-20)17-21-18-29(25(30)31-26(2,3)4)24-12-7-6-11-23(21)24/h6-12,15,18,20,27H,5,13-14,16-17H2,1-4H3. The summed E-state index contributed by atoms with van der Waals surface area (Å²) in [5.41, 5.74) is 4.12. The van der Waals surface area contributed by atoms with E-state index in [1.165, 1.54) is 16.8 Å². The van der Waals surface area contributed by atoms with Gasteiger partial charge in [-0.3, -0.25) is 9.47 Å². The van der Waals surface area contributed by atoms with E-state index in [2.05, 4.69) is 46.9 Å². The van der Waals surface area contributed by atoms with Crippen LogP contribution >= 0.6 is 11.9 Å². The molecule has 5 nitrogen and oxygen atoms in total. The van der Waals surface area contributed by atoms with E-state index in [1.54, 1.807) is 16.5 Å². The van der Waals surface area contributed by atoms with Crippen LogP contribution in [0.4, 0.5) is 10.5 Å². The zero-order valence-electron chi connectivity index (χ0n) is 19.4. The number of nitrogens with one attached hydrogen (secondary N) is 1. The van der Waals surface area contributed by atoms with Gasteiger partial charge in [0.25, 0.3) is 0 Å². The van der Waals surface area contributed by atoms with Crippen LogP contribution in [-0.2, 0) is 11.3 Å². The molecule has 1 saturated heterocycles. The van der Waals surface area contributed by atoms with Crippen LogP contribution in [0.25, 0.3) is 10.9 Å². The molecule has 0 saturated carbocycles. The zero-order chi connectivity index (χ0) is 22.7. The van der Waals surface area contributed by atoms with Gasteiger partial charge in [0.2, 0.25) is 0 Å². The van der Waals surface area contributed by atoms with Gasteiger partial charge in [-0.15, -0.1) is 0 Å². The average Bonchev–Trinajstić information content (AvgIpc) is 3.37. The van der Waals surface area contributed by atoms with Crippen molar-refractivity contribution in [2.75, 3.05) is 23.6 Å². The Labute approximate surface area is 195 Å². The number of aromatic nitrogens is 1. The normalized spacial score (nSPS) is 17.1. The summed E-state index contributed by atoms with van der Waals surface area (Å²) in [5.74, 6) is 1.57. The highest BCUT2D eigenvalue weighted by Crippen LogP contribution is 2.32. The van der Waals surface area contributed by atoms with Crippen molar-refractivity contribution in [1.29, 1.82) is 0 Å². The highest BCUT2D eigenvalue weighted by atomic mass is 32.2. The Morgan fingerprint density at radius 2 is 2.00 bits per heavy atom. The smallest absolute Gasteiger partial charge is 0.419 e. The Morgan fingerprint density at radius 3 is 2.78 bits per heavy atom. The minimum absolute atomic E-state index is 0.325. The van der Waals surface area contributed by atoms with Crippen molar-refractivity contribution in [3.8, 4) is 0 Å². The van der Waals surface area contributed by atoms with Crippen LogP contribution in [0, 0.1) is 0 Å². The number of hydrogen-bond donors (Lipinski definition) is 1. The minimum Gasteiger partial charge on any atom is -0.443 e. The highest BCUT2D eigenvalue weighted by molar-refractivity contribution is 8.00. The van der Waals surface area contributed by atoms with Crippen LogP contribution in [-0.4, -0.2) is 40.0 Å². The van der Waals surface area contributed by atoms with E-state index >= 15 is 0 Å². The summed E-state index contributed by atoms with van der Waals surface area (Å²) in [5, 5.41) is 1.12. The molecule has 2 aromatic carbocycles. The molecule has 6 heteroatoms. The first kappa shape index (κ1) is 22.7. The average molecular weight is 452 g/mol. The van der Waals surface area contributed by atoms with Gasteiger partial charge in [0.15, 0.2) is 0 Å². The van der Waals surface area contributed by atoms with Gasteiger partial charge < -0.3 is 9.46 Å². The van der Waals surface area contributed by atoms with E-state index in [4.69, 9.17) is 4.74 Å². The maximum Gasteiger partial charge on any atom is 0.419 e. The Hall–Kier alpha value is -2.44. The third-order valence-electron chi connectivity index (χ3n) is 5.74. The van der Waals surface area contributed by atoms with Gasteiger partial charge in [-0.05, 0) is 69.0 Å². The number of carbonyl (C=O) groups is 1. The van der Waals surface area contributed by atoms with E-state index in [0.29, 0.717) is 5.92 Å². The maximum absolute atomic E-state index is 12.8. The number of para-hydroxylation sites is 1. The summed E-state index contributed by atoms with van der Waals surface area (Å²) >= 11 is 1.72. The summed E-state index contributed by atoms with van der Waals surface area (Å²) in [6.07, 6.45) is 2.78. The molecule has 1 unspecified atom stereocenters. The third kappa shape index (κ3) is 5.30. The van der Waals surface area contributed by atoms with Crippen LogP contribution in [0.3, 0.4) is 0 Å². The molecule has 32 heavy (non-hydrogen) atoms. The van der Waals surface area contributed by atoms with Gasteiger partial charge in [0.1, 0.15) is 5.60 Å². The molecule has 3 aromatic rings. The monoisotopic (exact) mass is 451 g/mol. The summed E-state index contributed by atoms with van der Waals surface area (Å²) in [6, 6.07) is 16.9. The van der Waals surface area contributed by atoms with Crippen molar-refractivity contribution < 1.29 is 9.53 Å². The van der Waals surface area contributed by atoms with Crippen LogP contribution in [0.15, 0.2) is 54.7 Å². The number of anilines is 1. The molecule has 1 atom stereocenters. The van der Waals surface area contributed by atoms with Crippen molar-refractivity contribution in [3.05, 3.63) is 65.9 Å². The molecule has 1 aliphatic heterocycles. The van der Waals surface area contributed by atoms with Gasteiger partial charge in [-0.2, -0.15) is 0 Å². The summed E-state index contributed by atoms with van der Waals surface area (Å²) in [4.78, 5) is 15.3. The summed E-state index contributed by atoms with van der Waals surface area (Å²) in [7, 11) is 0. The zero-order valence-corrected chi connectivity index (χ0v) is 20.2. The second-order valence-corrected chi connectivity index (χ2v) is 10.5. The van der Waals surface area contributed by atoms with Crippen molar-refractivity contribution in [2.45, 2.75) is 52.2 Å². The number of hydrogen-bond acceptors (Lipinski definition) is 5. The Bertz CT molecular complexity index is 1090. The number of carbonyl (C=O) groups excluding carboxylic acids is 1. The van der Waals surface area contributed by atoms with Gasteiger partial charge >= 0.3 is 6.09 Å². The Balaban J connectivity index is 1.49. The molecule has 4 rings (SSSR count). The van der Waals surface area contributed by atoms with E-state index in [0.717, 1.165) is 42.7 Å². The Morgan fingerprint density at radius 1 is 1.19 bits per heavy atom. The molecule has 0 radical (unpaired) electrons. The predicted octanol–water partition coefficient (Wildman–Crippen LogP) is 6.49. The predicted molar refractivity (Wildman–Crippen MR) is 134 cm³/mol. The molecule has 1 aromatic heterocycles. The summed E-state index contributed by atoms with van der Waals surface area (Å²) < 4.78 is 10.7. The molecule has 0 amide bonds. The molecule has 1 N–H and O–H groups in total. The van der Waals surface area contributed by atoms with E-state index in [9.17, 15) is 4.79 Å². The van der Waals surface area contributed by atoms with Crippen LogP contribution in [0.5, 0.6) is 0 Å². The van der Waals surface area contributed by atoms with Crippen LogP contribution < -0.4 is 4.72 Å². The SMILES string of the molecule is CCSNc1cccc(C2CCN(Cc3cn(C(=O)OC(C)(C)C)c4ccccc34)C2)c1. The topological polar surface area (TPSA) is 46.5 Å². The fraction of sp³-hybridized carbons (Fsp3) is 0.423. The lowest BCUT2D eigenvalue weighted by Crippen LogP contribution is -2.26. The lowest BCUT2D eigenvalue weighted by atomic mass is 9.98. The molecule has 1 aliphatic rings. The van der Waals surface area contributed by atoms with Crippen molar-refractivity contribution in [1.82, 2.24) is 9.47 Å². The largest absolute Gasteiger partial charge is 0.443 e. The fourth-order valence-corrected chi connectivity index (χ4v) is 4.78. The van der Waals surface area contributed by atoms with Gasteiger partial charge in [-0.1, -0.05) is 49.2 Å². The van der Waals surface area contributed by atoms with E-state index < -0.39 is 5.60 Å². The highest BCUT2D eigenvalue weighted by Gasteiger charge is 2.26. The second kappa shape index (κ2) is 9.59. The number of nitrogens with zero attached hydrogens (tertiary/aromatic N) is 2. The van der Waals surface area contributed by atoms with Crippen molar-refractivity contribution >= 4 is 34.6 Å². The molecule has 2 heterocycles. The molecule has 1 fully saturated rings. The number of likely N-dealkylation sites (tertiary alicyclic amines) is 1. The van der Waals surface area contributed by atoms with Crippen molar-refractivity contribution in [2.24, 2.45) is 0 Å². The number of ether oxygens (including phenoxy) is 1. The number of fused-ring (bicyclic) bond motifs is 1. The summed E-state index contributed by atoms with van der Waals surface area (Å²) in [6.45, 7) is 10.7. The molecule has 0 aliphatic carbocycles. The first-order valence-electron chi connectivity index (χ1n) is 11.4. The number of rotatable bonds is 6. The molecule has 0 bridgehead atoms. The first-order chi connectivity index (χ1) is 15.3. The quantitative estimate of drug-likeness (QED) is 0.434. The molecular formula is C26H33N3O2S. The van der Waals surface area contributed by atoms with E-state index in [1.807, 2.05) is 45.2 Å². The maximum atomic E-state index is 12.8. The minimum atomic E-state index is -0.524. The van der Waals surface area contributed by atoms with Gasteiger partial charge in [-0.25, -0.2) is 4.79 Å².